The van der Waals surface area contributed by atoms with Crippen LogP contribution in [-0.4, -0.2) is 18.8 Å². The highest BCUT2D eigenvalue weighted by Gasteiger charge is 2.13. The predicted molar refractivity (Wildman–Crippen MR) is 72.9 cm³/mol. The van der Waals surface area contributed by atoms with Gasteiger partial charge in [0.1, 0.15) is 0 Å². The molecule has 92 valence electrons. The molecule has 1 aromatic carbocycles. The largest absolute Gasteiger partial charge is 0.465 e. The Morgan fingerprint density at radius 2 is 2.18 bits per heavy atom. The normalized spacial score (nSPS) is 9.88. The molecule has 0 radical (unpaired) electrons. The molecular formula is C13H15ClO2S. The molecule has 1 rings (SSSR count). The number of hydrogen-bond donors (Lipinski definition) is 0. The maximum absolute atomic E-state index is 11.4. The van der Waals surface area contributed by atoms with Crippen molar-refractivity contribution in [2.75, 3.05) is 12.9 Å². The second kappa shape index (κ2) is 6.72. The Bertz CT molecular complexity index is 437. The number of carbonyl (C=O) groups is 1. The second-order valence-electron chi connectivity index (χ2n) is 3.70. The first-order valence-electron chi connectivity index (χ1n) is 5.19. The quantitative estimate of drug-likeness (QED) is 0.466. The van der Waals surface area contributed by atoms with Crippen molar-refractivity contribution in [3.05, 3.63) is 40.4 Å². The molecule has 0 unspecified atom stereocenters. The summed E-state index contributed by atoms with van der Waals surface area (Å²) in [5.74, 6) is 0.437. The summed E-state index contributed by atoms with van der Waals surface area (Å²) in [6.45, 7) is 4.10. The third-order valence-electron chi connectivity index (χ3n) is 2.10. The summed E-state index contributed by atoms with van der Waals surface area (Å²) in [6, 6.07) is 5.38. The molecule has 0 N–H and O–H groups in total. The van der Waals surface area contributed by atoms with Crippen molar-refractivity contribution in [3.8, 4) is 0 Å². The summed E-state index contributed by atoms with van der Waals surface area (Å²) in [5.41, 5.74) is 1.68. The van der Waals surface area contributed by atoms with Gasteiger partial charge in [-0.2, -0.15) is 0 Å². The van der Waals surface area contributed by atoms with Gasteiger partial charge in [-0.15, -0.1) is 11.8 Å². The number of rotatable bonds is 4. The lowest BCUT2D eigenvalue weighted by atomic mass is 10.2. The molecule has 0 saturated carbocycles. The van der Waals surface area contributed by atoms with Crippen molar-refractivity contribution in [2.45, 2.75) is 18.7 Å². The van der Waals surface area contributed by atoms with Crippen molar-refractivity contribution in [3.63, 3.8) is 0 Å². The van der Waals surface area contributed by atoms with E-state index >= 15 is 0 Å². The standard InChI is InChI=1S/C13H15ClO2S/c1-9(2)7-8-17-11-6-4-5-10(12(11)14)13(15)16-3/h4-7H,8H2,1-3H3. The summed E-state index contributed by atoms with van der Waals surface area (Å²) in [4.78, 5) is 12.3. The predicted octanol–water partition coefficient (Wildman–Crippen LogP) is 4.18. The van der Waals surface area contributed by atoms with E-state index in [9.17, 15) is 4.79 Å². The van der Waals surface area contributed by atoms with Crippen LogP contribution in [0.25, 0.3) is 0 Å². The Kier molecular flexibility index (Phi) is 5.59. The fourth-order valence-corrected chi connectivity index (χ4v) is 2.56. The number of ether oxygens (including phenoxy) is 1. The lowest BCUT2D eigenvalue weighted by molar-refractivity contribution is 0.0600. The van der Waals surface area contributed by atoms with Gasteiger partial charge in [-0.05, 0) is 26.0 Å². The molecule has 2 nitrogen and oxygen atoms in total. The summed E-state index contributed by atoms with van der Waals surface area (Å²) in [6.07, 6.45) is 2.12. The minimum atomic E-state index is -0.403. The van der Waals surface area contributed by atoms with Crippen molar-refractivity contribution < 1.29 is 9.53 Å². The van der Waals surface area contributed by atoms with E-state index in [4.69, 9.17) is 11.6 Å². The first-order valence-corrected chi connectivity index (χ1v) is 6.55. The lowest BCUT2D eigenvalue weighted by Crippen LogP contribution is -2.02. The number of carbonyl (C=O) groups excluding carboxylic acids is 1. The smallest absolute Gasteiger partial charge is 0.339 e. The zero-order valence-electron chi connectivity index (χ0n) is 10.1. The van der Waals surface area contributed by atoms with E-state index in [0.29, 0.717) is 10.6 Å². The zero-order chi connectivity index (χ0) is 12.8. The third-order valence-corrected chi connectivity index (χ3v) is 3.60. The van der Waals surface area contributed by atoms with Crippen LogP contribution >= 0.6 is 23.4 Å². The monoisotopic (exact) mass is 270 g/mol. The molecule has 4 heteroatoms. The van der Waals surface area contributed by atoms with Gasteiger partial charge in [0, 0.05) is 10.6 Å². The molecule has 0 heterocycles. The Hall–Kier alpha value is -0.930. The molecule has 0 amide bonds. The van der Waals surface area contributed by atoms with Crippen LogP contribution in [0, 0.1) is 0 Å². The Balaban J connectivity index is 2.87. The van der Waals surface area contributed by atoms with E-state index in [1.807, 2.05) is 26.0 Å². The van der Waals surface area contributed by atoms with E-state index in [1.54, 1.807) is 17.8 Å². The summed E-state index contributed by atoms with van der Waals surface area (Å²) >= 11 is 7.76. The molecule has 0 atom stereocenters. The first kappa shape index (κ1) is 14.1. The molecule has 0 aliphatic rings. The summed E-state index contributed by atoms with van der Waals surface area (Å²) in [7, 11) is 1.35. The third kappa shape index (κ3) is 4.10. The molecule has 0 spiro atoms. The average Bonchev–Trinajstić information content (AvgIpc) is 2.30. The molecule has 0 bridgehead atoms. The Morgan fingerprint density at radius 1 is 1.47 bits per heavy atom. The van der Waals surface area contributed by atoms with Crippen molar-refractivity contribution in [1.29, 1.82) is 0 Å². The summed E-state index contributed by atoms with van der Waals surface area (Å²) in [5, 5.41) is 0.464. The van der Waals surface area contributed by atoms with Gasteiger partial charge in [-0.3, -0.25) is 0 Å². The van der Waals surface area contributed by atoms with Crippen molar-refractivity contribution in [2.24, 2.45) is 0 Å². The highest BCUT2D eigenvalue weighted by atomic mass is 35.5. The number of esters is 1. The van der Waals surface area contributed by atoms with Crippen LogP contribution in [0.4, 0.5) is 0 Å². The van der Waals surface area contributed by atoms with Gasteiger partial charge < -0.3 is 4.74 Å². The van der Waals surface area contributed by atoms with Crippen LogP contribution in [-0.2, 0) is 4.74 Å². The van der Waals surface area contributed by atoms with Crippen LogP contribution in [0.2, 0.25) is 5.02 Å². The van der Waals surface area contributed by atoms with E-state index < -0.39 is 5.97 Å². The van der Waals surface area contributed by atoms with Gasteiger partial charge in [0.25, 0.3) is 0 Å². The number of halogens is 1. The number of hydrogen-bond acceptors (Lipinski definition) is 3. The fourth-order valence-electron chi connectivity index (χ4n) is 1.19. The highest BCUT2D eigenvalue weighted by molar-refractivity contribution is 7.99. The molecule has 0 saturated heterocycles. The fraction of sp³-hybridized carbons (Fsp3) is 0.308. The van der Waals surface area contributed by atoms with Crippen LogP contribution in [0.5, 0.6) is 0 Å². The molecule has 1 aromatic rings. The molecule has 0 aromatic heterocycles. The Labute approximate surface area is 111 Å². The van der Waals surface area contributed by atoms with Crippen molar-refractivity contribution >= 4 is 29.3 Å². The number of allylic oxidation sites excluding steroid dienone is 1. The molecule has 17 heavy (non-hydrogen) atoms. The van der Waals surface area contributed by atoms with E-state index in [-0.39, 0.29) is 0 Å². The van der Waals surface area contributed by atoms with E-state index in [1.165, 1.54) is 12.7 Å². The maximum Gasteiger partial charge on any atom is 0.339 e. The first-order chi connectivity index (χ1) is 8.06. The Morgan fingerprint density at radius 3 is 2.76 bits per heavy atom. The minimum Gasteiger partial charge on any atom is -0.465 e. The summed E-state index contributed by atoms with van der Waals surface area (Å²) < 4.78 is 4.67. The number of benzene rings is 1. The molecule has 0 fully saturated rings. The topological polar surface area (TPSA) is 26.3 Å². The molecule has 0 aliphatic heterocycles. The zero-order valence-corrected chi connectivity index (χ0v) is 11.7. The van der Waals surface area contributed by atoms with E-state index in [2.05, 4.69) is 10.8 Å². The second-order valence-corrected chi connectivity index (χ2v) is 5.14. The van der Waals surface area contributed by atoms with Crippen LogP contribution in [0.3, 0.4) is 0 Å². The van der Waals surface area contributed by atoms with Gasteiger partial charge in [0.05, 0.1) is 17.7 Å². The average molecular weight is 271 g/mol. The van der Waals surface area contributed by atoms with Gasteiger partial charge in [0.2, 0.25) is 0 Å². The van der Waals surface area contributed by atoms with Gasteiger partial charge >= 0.3 is 5.97 Å². The van der Waals surface area contributed by atoms with Gasteiger partial charge in [0.15, 0.2) is 0 Å². The number of thioether (sulfide) groups is 1. The highest BCUT2D eigenvalue weighted by Crippen LogP contribution is 2.30. The van der Waals surface area contributed by atoms with E-state index in [0.717, 1.165) is 10.6 Å². The van der Waals surface area contributed by atoms with Gasteiger partial charge in [-0.1, -0.05) is 29.3 Å². The molecular weight excluding hydrogens is 256 g/mol. The SMILES string of the molecule is COC(=O)c1cccc(SCC=C(C)C)c1Cl. The minimum absolute atomic E-state index is 0.403. The van der Waals surface area contributed by atoms with Gasteiger partial charge in [-0.25, -0.2) is 4.79 Å². The van der Waals surface area contributed by atoms with Crippen LogP contribution < -0.4 is 0 Å². The maximum atomic E-state index is 11.4. The lowest BCUT2D eigenvalue weighted by Gasteiger charge is -2.06. The molecule has 0 aliphatic carbocycles. The van der Waals surface area contributed by atoms with Crippen molar-refractivity contribution in [1.82, 2.24) is 0 Å². The van der Waals surface area contributed by atoms with Crippen LogP contribution in [0.15, 0.2) is 34.7 Å². The number of methoxy groups -OCH3 is 1. The van der Waals surface area contributed by atoms with Crippen LogP contribution in [0.1, 0.15) is 24.2 Å².